The number of rotatable bonds is 2. The minimum absolute atomic E-state index is 0.138. The van der Waals surface area contributed by atoms with Crippen molar-refractivity contribution in [1.29, 1.82) is 0 Å². The lowest BCUT2D eigenvalue weighted by molar-refractivity contribution is 0.109. The SMILES string of the molecule is Cn1c(Cl)c(C=O)c(C=O)c1Cl. The molecule has 0 spiro atoms. The smallest absolute Gasteiger partial charge is 0.153 e. The average Bonchev–Trinajstić information content (AvgIpc) is 2.29. The van der Waals surface area contributed by atoms with Crippen LogP contribution >= 0.6 is 23.2 Å². The number of halogens is 2. The van der Waals surface area contributed by atoms with E-state index in [9.17, 15) is 9.59 Å². The van der Waals surface area contributed by atoms with E-state index >= 15 is 0 Å². The Balaban J connectivity index is 3.54. The Morgan fingerprint density at radius 3 is 1.67 bits per heavy atom. The van der Waals surface area contributed by atoms with Crippen molar-refractivity contribution < 1.29 is 9.59 Å². The fourth-order valence-corrected chi connectivity index (χ4v) is 1.40. The summed E-state index contributed by atoms with van der Waals surface area (Å²) in [6.07, 6.45) is 1.02. The molecule has 0 N–H and O–H groups in total. The van der Waals surface area contributed by atoms with Crippen LogP contribution in [0.15, 0.2) is 0 Å². The zero-order valence-corrected chi connectivity index (χ0v) is 7.69. The van der Waals surface area contributed by atoms with Gasteiger partial charge < -0.3 is 4.57 Å². The lowest BCUT2D eigenvalue weighted by atomic mass is 10.2. The Morgan fingerprint density at radius 2 is 1.42 bits per heavy atom. The molecule has 0 bridgehead atoms. The molecule has 0 radical (unpaired) electrons. The molecule has 0 saturated carbocycles. The first-order valence-corrected chi connectivity index (χ1v) is 3.83. The van der Waals surface area contributed by atoms with E-state index in [2.05, 4.69) is 0 Å². The molecule has 0 aliphatic carbocycles. The fraction of sp³-hybridized carbons (Fsp3) is 0.143. The number of hydrogen-bond acceptors (Lipinski definition) is 2. The van der Waals surface area contributed by atoms with Crippen LogP contribution in [-0.2, 0) is 7.05 Å². The second-order valence-electron chi connectivity index (χ2n) is 2.20. The third-order valence-electron chi connectivity index (χ3n) is 1.56. The number of carbonyl (C=O) groups excluding carboxylic acids is 2. The summed E-state index contributed by atoms with van der Waals surface area (Å²) in [6.45, 7) is 0. The topological polar surface area (TPSA) is 39.1 Å². The van der Waals surface area contributed by atoms with Crippen LogP contribution in [0.3, 0.4) is 0 Å². The van der Waals surface area contributed by atoms with E-state index in [0.717, 1.165) is 0 Å². The van der Waals surface area contributed by atoms with Gasteiger partial charge in [-0.15, -0.1) is 0 Å². The van der Waals surface area contributed by atoms with Gasteiger partial charge in [0.1, 0.15) is 10.3 Å². The molecule has 0 atom stereocenters. The van der Waals surface area contributed by atoms with Gasteiger partial charge in [0.2, 0.25) is 0 Å². The predicted octanol–water partition coefficient (Wildman–Crippen LogP) is 1.96. The number of nitrogens with zero attached hydrogens (tertiary/aromatic N) is 1. The van der Waals surface area contributed by atoms with Gasteiger partial charge in [-0.25, -0.2) is 0 Å². The maximum Gasteiger partial charge on any atom is 0.153 e. The van der Waals surface area contributed by atoms with Crippen LogP contribution in [-0.4, -0.2) is 17.1 Å². The summed E-state index contributed by atoms with van der Waals surface area (Å²) in [5.74, 6) is 0. The highest BCUT2D eigenvalue weighted by molar-refractivity contribution is 6.37. The van der Waals surface area contributed by atoms with Gasteiger partial charge in [0.25, 0.3) is 0 Å². The summed E-state index contributed by atoms with van der Waals surface area (Å²) in [4.78, 5) is 20.9. The van der Waals surface area contributed by atoms with Crippen molar-refractivity contribution in [1.82, 2.24) is 4.57 Å². The first-order chi connectivity index (χ1) is 5.63. The largest absolute Gasteiger partial charge is 0.325 e. The molecule has 0 fully saturated rings. The lowest BCUT2D eigenvalue weighted by Gasteiger charge is -1.93. The molecule has 0 unspecified atom stereocenters. The molecule has 1 heterocycles. The summed E-state index contributed by atoms with van der Waals surface area (Å²) >= 11 is 11.4. The molecule has 1 aromatic heterocycles. The highest BCUT2D eigenvalue weighted by Crippen LogP contribution is 2.27. The van der Waals surface area contributed by atoms with Crippen LogP contribution in [0.4, 0.5) is 0 Å². The zero-order chi connectivity index (χ0) is 9.30. The average molecular weight is 206 g/mol. The van der Waals surface area contributed by atoms with Crippen LogP contribution in [0.2, 0.25) is 10.3 Å². The monoisotopic (exact) mass is 205 g/mol. The molecule has 0 saturated heterocycles. The van der Waals surface area contributed by atoms with Crippen LogP contribution in [0.1, 0.15) is 20.7 Å². The number of aldehydes is 2. The van der Waals surface area contributed by atoms with E-state index < -0.39 is 0 Å². The Kier molecular flexibility index (Phi) is 2.55. The maximum absolute atomic E-state index is 10.5. The van der Waals surface area contributed by atoms with Crippen molar-refractivity contribution in [2.75, 3.05) is 0 Å². The third kappa shape index (κ3) is 1.15. The van der Waals surface area contributed by atoms with Crippen molar-refractivity contribution in [3.63, 3.8) is 0 Å². The van der Waals surface area contributed by atoms with Crippen molar-refractivity contribution in [2.24, 2.45) is 7.05 Å². The first-order valence-electron chi connectivity index (χ1n) is 3.07. The van der Waals surface area contributed by atoms with Crippen LogP contribution in [0, 0.1) is 0 Å². The molecule has 12 heavy (non-hydrogen) atoms. The normalized spacial score (nSPS) is 9.92. The Labute approximate surface area is 78.9 Å². The quantitative estimate of drug-likeness (QED) is 0.693. The van der Waals surface area contributed by atoms with E-state index in [1.54, 1.807) is 7.05 Å². The third-order valence-corrected chi connectivity index (χ3v) is 2.47. The van der Waals surface area contributed by atoms with Crippen molar-refractivity contribution in [3.8, 4) is 0 Å². The van der Waals surface area contributed by atoms with Gasteiger partial charge in [-0.05, 0) is 0 Å². The number of aromatic nitrogens is 1. The molecule has 5 heteroatoms. The van der Waals surface area contributed by atoms with Crippen LogP contribution in [0.5, 0.6) is 0 Å². The Bertz CT molecular complexity index is 312. The van der Waals surface area contributed by atoms with Gasteiger partial charge in [-0.3, -0.25) is 9.59 Å². The van der Waals surface area contributed by atoms with Gasteiger partial charge in [0.15, 0.2) is 12.6 Å². The van der Waals surface area contributed by atoms with Crippen molar-refractivity contribution >= 4 is 35.8 Å². The molecule has 1 aromatic rings. The van der Waals surface area contributed by atoms with Gasteiger partial charge in [0.05, 0.1) is 11.1 Å². The molecular weight excluding hydrogens is 201 g/mol. The molecule has 64 valence electrons. The highest BCUT2D eigenvalue weighted by Gasteiger charge is 2.16. The van der Waals surface area contributed by atoms with E-state index in [1.165, 1.54) is 4.57 Å². The van der Waals surface area contributed by atoms with E-state index in [-0.39, 0.29) is 21.4 Å². The highest BCUT2D eigenvalue weighted by atomic mass is 35.5. The summed E-state index contributed by atoms with van der Waals surface area (Å²) < 4.78 is 1.37. The van der Waals surface area contributed by atoms with Crippen molar-refractivity contribution in [2.45, 2.75) is 0 Å². The summed E-state index contributed by atoms with van der Waals surface area (Å²) in [7, 11) is 1.57. The molecule has 0 aliphatic rings. The predicted molar refractivity (Wildman–Crippen MR) is 46.2 cm³/mol. The lowest BCUT2D eigenvalue weighted by Crippen LogP contribution is -1.86. The number of hydrogen-bond donors (Lipinski definition) is 0. The van der Waals surface area contributed by atoms with Crippen LogP contribution in [0.25, 0.3) is 0 Å². The molecule has 0 aliphatic heterocycles. The molecule has 0 amide bonds. The van der Waals surface area contributed by atoms with Gasteiger partial charge in [0, 0.05) is 7.05 Å². The summed E-state index contributed by atoms with van der Waals surface area (Å²) in [5.41, 5.74) is 0.276. The molecule has 1 rings (SSSR count). The second-order valence-corrected chi connectivity index (χ2v) is 2.92. The molecule has 3 nitrogen and oxygen atoms in total. The Morgan fingerprint density at radius 1 is 1.08 bits per heavy atom. The molecule has 0 aromatic carbocycles. The van der Waals surface area contributed by atoms with Crippen molar-refractivity contribution in [3.05, 3.63) is 21.4 Å². The van der Waals surface area contributed by atoms with Gasteiger partial charge >= 0.3 is 0 Å². The van der Waals surface area contributed by atoms with E-state index in [0.29, 0.717) is 12.6 Å². The standard InChI is InChI=1S/C7H5Cl2NO2/c1-10-6(8)4(2-11)5(3-12)7(10)9/h2-3H,1H3. The van der Waals surface area contributed by atoms with Gasteiger partial charge in [-0.1, -0.05) is 23.2 Å². The summed E-state index contributed by atoms with van der Waals surface area (Å²) in [5, 5.41) is 0.356. The first kappa shape index (κ1) is 9.29. The number of carbonyl (C=O) groups is 2. The second kappa shape index (κ2) is 3.29. The van der Waals surface area contributed by atoms with Crippen LogP contribution < -0.4 is 0 Å². The molecular formula is C7H5Cl2NO2. The fourth-order valence-electron chi connectivity index (χ4n) is 0.894. The zero-order valence-electron chi connectivity index (χ0n) is 6.17. The maximum atomic E-state index is 10.5. The van der Waals surface area contributed by atoms with E-state index in [1.807, 2.05) is 0 Å². The van der Waals surface area contributed by atoms with Gasteiger partial charge in [-0.2, -0.15) is 0 Å². The Hall–Kier alpha value is -0.800. The minimum atomic E-state index is 0.138. The van der Waals surface area contributed by atoms with E-state index in [4.69, 9.17) is 23.2 Å². The minimum Gasteiger partial charge on any atom is -0.325 e. The summed E-state index contributed by atoms with van der Waals surface area (Å²) in [6, 6.07) is 0.